The van der Waals surface area contributed by atoms with Crippen LogP contribution in [-0.2, 0) is 6.42 Å². The number of fused-ring (bicyclic) bond motifs is 1. The van der Waals surface area contributed by atoms with Crippen LogP contribution in [0.2, 0.25) is 0 Å². The molecule has 1 aromatic rings. The molecule has 13 heavy (non-hydrogen) atoms. The van der Waals surface area contributed by atoms with Crippen molar-refractivity contribution in [3.63, 3.8) is 0 Å². The Morgan fingerprint density at radius 2 is 2.31 bits per heavy atom. The predicted octanol–water partition coefficient (Wildman–Crippen LogP) is 2.36. The van der Waals surface area contributed by atoms with Crippen molar-refractivity contribution in [1.82, 2.24) is 0 Å². The van der Waals surface area contributed by atoms with E-state index in [-0.39, 0.29) is 0 Å². The molecule has 1 aromatic carbocycles. The molecule has 3 heteroatoms. The standard InChI is InChI=1S/C10H12O2S/c1-6-9(11)8(13-2)5-7-3-4-12-10(6)7/h5,11H,3-4H2,1-2H3. The molecule has 0 amide bonds. The van der Waals surface area contributed by atoms with E-state index in [2.05, 4.69) is 0 Å². The Labute approximate surface area is 81.9 Å². The van der Waals surface area contributed by atoms with Crippen LogP contribution in [0.25, 0.3) is 0 Å². The highest BCUT2D eigenvalue weighted by atomic mass is 32.2. The summed E-state index contributed by atoms with van der Waals surface area (Å²) < 4.78 is 5.44. The van der Waals surface area contributed by atoms with Crippen LogP contribution in [0.5, 0.6) is 11.5 Å². The monoisotopic (exact) mass is 196 g/mol. The van der Waals surface area contributed by atoms with Crippen molar-refractivity contribution in [3.8, 4) is 11.5 Å². The topological polar surface area (TPSA) is 29.5 Å². The summed E-state index contributed by atoms with van der Waals surface area (Å²) in [6.45, 7) is 2.65. The Morgan fingerprint density at radius 3 is 3.00 bits per heavy atom. The summed E-state index contributed by atoms with van der Waals surface area (Å²) in [5.41, 5.74) is 2.10. The molecule has 2 rings (SSSR count). The van der Waals surface area contributed by atoms with Gasteiger partial charge in [-0.1, -0.05) is 0 Å². The Hall–Kier alpha value is -0.830. The van der Waals surface area contributed by atoms with Crippen molar-refractivity contribution >= 4 is 11.8 Å². The van der Waals surface area contributed by atoms with Gasteiger partial charge in [0.2, 0.25) is 0 Å². The van der Waals surface area contributed by atoms with Crippen LogP contribution in [0.3, 0.4) is 0 Å². The molecular formula is C10H12O2S. The quantitative estimate of drug-likeness (QED) is 0.699. The van der Waals surface area contributed by atoms with E-state index in [0.29, 0.717) is 5.75 Å². The lowest BCUT2D eigenvalue weighted by atomic mass is 10.1. The number of hydrogen-bond acceptors (Lipinski definition) is 3. The van der Waals surface area contributed by atoms with Crippen molar-refractivity contribution in [3.05, 3.63) is 17.2 Å². The average Bonchev–Trinajstić information content (AvgIpc) is 2.59. The Kier molecular flexibility index (Phi) is 2.12. The highest BCUT2D eigenvalue weighted by Gasteiger charge is 2.19. The molecule has 0 bridgehead atoms. The number of rotatable bonds is 1. The number of benzene rings is 1. The Bertz CT molecular complexity index is 347. The van der Waals surface area contributed by atoms with Gasteiger partial charge in [0, 0.05) is 16.9 Å². The minimum atomic E-state index is 0.369. The molecule has 0 fully saturated rings. The lowest BCUT2D eigenvalue weighted by Crippen LogP contribution is -1.88. The summed E-state index contributed by atoms with van der Waals surface area (Å²) in [5, 5.41) is 9.76. The van der Waals surface area contributed by atoms with Gasteiger partial charge >= 0.3 is 0 Å². The number of ether oxygens (including phenoxy) is 1. The van der Waals surface area contributed by atoms with Gasteiger partial charge in [0.05, 0.1) is 6.61 Å². The fourth-order valence-electron chi connectivity index (χ4n) is 1.63. The summed E-state index contributed by atoms with van der Waals surface area (Å²) in [6.07, 6.45) is 2.93. The SMILES string of the molecule is CSc1cc2c(c(C)c1O)OCC2. The third kappa shape index (κ3) is 1.27. The Morgan fingerprint density at radius 1 is 1.54 bits per heavy atom. The lowest BCUT2D eigenvalue weighted by molar-refractivity contribution is 0.351. The van der Waals surface area contributed by atoms with Gasteiger partial charge in [-0.25, -0.2) is 0 Å². The van der Waals surface area contributed by atoms with Gasteiger partial charge in [-0.2, -0.15) is 0 Å². The van der Waals surface area contributed by atoms with Gasteiger partial charge in [0.15, 0.2) is 0 Å². The summed E-state index contributed by atoms with van der Waals surface area (Å²) in [4.78, 5) is 0.946. The lowest BCUT2D eigenvalue weighted by Gasteiger charge is -2.09. The first-order chi connectivity index (χ1) is 6.24. The Balaban J connectivity index is 2.61. The van der Waals surface area contributed by atoms with Crippen molar-refractivity contribution in [2.24, 2.45) is 0 Å². The van der Waals surface area contributed by atoms with Gasteiger partial charge < -0.3 is 9.84 Å². The van der Waals surface area contributed by atoms with E-state index in [0.717, 1.165) is 29.2 Å². The van der Waals surface area contributed by atoms with Crippen LogP contribution in [-0.4, -0.2) is 18.0 Å². The molecular weight excluding hydrogens is 184 g/mol. The van der Waals surface area contributed by atoms with Crippen LogP contribution < -0.4 is 4.74 Å². The number of aromatic hydroxyl groups is 1. The third-order valence-electron chi connectivity index (χ3n) is 2.36. The first-order valence-corrected chi connectivity index (χ1v) is 5.48. The first-order valence-electron chi connectivity index (χ1n) is 4.26. The molecule has 0 saturated carbocycles. The largest absolute Gasteiger partial charge is 0.506 e. The van der Waals surface area contributed by atoms with Crippen LogP contribution in [0.15, 0.2) is 11.0 Å². The molecule has 1 heterocycles. The van der Waals surface area contributed by atoms with Crippen LogP contribution in [0.1, 0.15) is 11.1 Å². The van der Waals surface area contributed by atoms with Crippen LogP contribution in [0, 0.1) is 6.92 Å². The first kappa shape index (κ1) is 8.75. The van der Waals surface area contributed by atoms with E-state index < -0.39 is 0 Å². The van der Waals surface area contributed by atoms with E-state index in [1.165, 1.54) is 5.56 Å². The molecule has 1 aliphatic heterocycles. The summed E-state index contributed by atoms with van der Waals surface area (Å²) >= 11 is 1.57. The number of thioether (sulfide) groups is 1. The maximum absolute atomic E-state index is 9.76. The van der Waals surface area contributed by atoms with Gasteiger partial charge in [-0.05, 0) is 24.8 Å². The predicted molar refractivity (Wildman–Crippen MR) is 53.8 cm³/mol. The van der Waals surface area contributed by atoms with E-state index in [4.69, 9.17) is 4.74 Å². The minimum absolute atomic E-state index is 0.369. The second-order valence-corrected chi connectivity index (χ2v) is 3.99. The number of hydrogen-bond donors (Lipinski definition) is 1. The van der Waals surface area contributed by atoms with Crippen molar-refractivity contribution in [1.29, 1.82) is 0 Å². The smallest absolute Gasteiger partial charge is 0.135 e. The van der Waals surface area contributed by atoms with Gasteiger partial charge in [0.25, 0.3) is 0 Å². The zero-order valence-electron chi connectivity index (χ0n) is 7.76. The van der Waals surface area contributed by atoms with Crippen molar-refractivity contribution in [2.45, 2.75) is 18.2 Å². The van der Waals surface area contributed by atoms with Crippen LogP contribution >= 0.6 is 11.8 Å². The van der Waals surface area contributed by atoms with Gasteiger partial charge in [-0.3, -0.25) is 0 Å². The highest BCUT2D eigenvalue weighted by molar-refractivity contribution is 7.98. The summed E-state index contributed by atoms with van der Waals surface area (Å²) in [7, 11) is 0. The average molecular weight is 196 g/mol. The van der Waals surface area contributed by atoms with Gasteiger partial charge in [0.1, 0.15) is 11.5 Å². The zero-order valence-corrected chi connectivity index (χ0v) is 8.57. The van der Waals surface area contributed by atoms with Crippen molar-refractivity contribution < 1.29 is 9.84 Å². The van der Waals surface area contributed by atoms with E-state index >= 15 is 0 Å². The molecule has 1 N–H and O–H groups in total. The second-order valence-electron chi connectivity index (χ2n) is 3.14. The number of phenolic OH excluding ortho intramolecular Hbond substituents is 1. The molecule has 0 saturated heterocycles. The molecule has 70 valence electrons. The number of phenols is 1. The molecule has 0 unspecified atom stereocenters. The van der Waals surface area contributed by atoms with Gasteiger partial charge in [-0.15, -0.1) is 11.8 Å². The van der Waals surface area contributed by atoms with Crippen LogP contribution in [0.4, 0.5) is 0 Å². The van der Waals surface area contributed by atoms with Crippen molar-refractivity contribution in [2.75, 3.05) is 12.9 Å². The molecule has 0 aromatic heterocycles. The molecule has 2 nitrogen and oxygen atoms in total. The summed E-state index contributed by atoms with van der Waals surface area (Å²) in [6, 6.07) is 2.02. The second kappa shape index (κ2) is 3.14. The summed E-state index contributed by atoms with van der Waals surface area (Å²) in [5.74, 6) is 1.25. The molecule has 1 aliphatic rings. The van der Waals surface area contributed by atoms with E-state index in [1.54, 1.807) is 11.8 Å². The molecule has 0 aliphatic carbocycles. The molecule has 0 spiro atoms. The molecule has 0 atom stereocenters. The molecule has 0 radical (unpaired) electrons. The van der Waals surface area contributed by atoms with E-state index in [1.807, 2.05) is 19.2 Å². The minimum Gasteiger partial charge on any atom is -0.506 e. The third-order valence-corrected chi connectivity index (χ3v) is 3.11. The maximum atomic E-state index is 9.76. The fraction of sp³-hybridized carbons (Fsp3) is 0.400. The fourth-order valence-corrected chi connectivity index (χ4v) is 2.24. The zero-order chi connectivity index (χ0) is 9.42. The van der Waals surface area contributed by atoms with E-state index in [9.17, 15) is 5.11 Å². The normalized spacial score (nSPS) is 14.0. The maximum Gasteiger partial charge on any atom is 0.135 e. The highest BCUT2D eigenvalue weighted by Crippen LogP contribution is 2.40.